The van der Waals surface area contributed by atoms with Crippen molar-refractivity contribution in [2.24, 2.45) is 0 Å². The van der Waals surface area contributed by atoms with Crippen molar-refractivity contribution >= 4 is 0 Å². The van der Waals surface area contributed by atoms with Crippen LogP contribution in [0.15, 0.2) is 12.1 Å². The van der Waals surface area contributed by atoms with E-state index in [9.17, 15) is 5.11 Å². The van der Waals surface area contributed by atoms with Gasteiger partial charge in [-0.3, -0.25) is 0 Å². The van der Waals surface area contributed by atoms with Crippen LogP contribution in [0.5, 0.6) is 5.88 Å². The van der Waals surface area contributed by atoms with E-state index in [4.69, 9.17) is 4.74 Å². The molecule has 0 spiro atoms. The van der Waals surface area contributed by atoms with Crippen LogP contribution in [-0.4, -0.2) is 41.2 Å². The van der Waals surface area contributed by atoms with E-state index in [0.29, 0.717) is 11.8 Å². The largest absolute Gasteiger partial charge is 0.474 e. The molecule has 4 heteroatoms. The summed E-state index contributed by atoms with van der Waals surface area (Å²) in [5, 5.41) is 9.32. The first-order valence-electron chi connectivity index (χ1n) is 7.05. The van der Waals surface area contributed by atoms with Gasteiger partial charge in [-0.2, -0.15) is 0 Å². The number of nitrogens with zero attached hydrogens (tertiary/aromatic N) is 2. The number of rotatable bonds is 4. The van der Waals surface area contributed by atoms with Gasteiger partial charge in [0.15, 0.2) is 0 Å². The van der Waals surface area contributed by atoms with E-state index < -0.39 is 0 Å². The number of aromatic nitrogens is 1. The lowest BCUT2D eigenvalue weighted by Gasteiger charge is -2.29. The van der Waals surface area contributed by atoms with E-state index in [1.807, 2.05) is 12.1 Å². The first kappa shape index (κ1) is 14.3. The van der Waals surface area contributed by atoms with Gasteiger partial charge >= 0.3 is 0 Å². The van der Waals surface area contributed by atoms with Gasteiger partial charge in [0.05, 0.1) is 6.61 Å². The molecule has 0 aliphatic carbocycles. The average Bonchev–Trinajstić information content (AvgIpc) is 2.41. The second kappa shape index (κ2) is 6.35. The van der Waals surface area contributed by atoms with Gasteiger partial charge in [-0.25, -0.2) is 4.98 Å². The predicted octanol–water partition coefficient (Wildman–Crippen LogP) is 2.17. The van der Waals surface area contributed by atoms with E-state index in [1.54, 1.807) is 0 Å². The highest BCUT2D eigenvalue weighted by Crippen LogP contribution is 2.22. The molecule has 0 amide bonds. The maximum absolute atomic E-state index is 9.32. The molecule has 0 unspecified atom stereocenters. The minimum absolute atomic E-state index is 0.0337. The highest BCUT2D eigenvalue weighted by atomic mass is 16.5. The second-order valence-electron chi connectivity index (χ2n) is 5.67. The van der Waals surface area contributed by atoms with Crippen LogP contribution in [0.3, 0.4) is 0 Å². The molecule has 19 heavy (non-hydrogen) atoms. The van der Waals surface area contributed by atoms with Crippen LogP contribution in [-0.2, 0) is 6.61 Å². The molecule has 0 bridgehead atoms. The van der Waals surface area contributed by atoms with Gasteiger partial charge in [-0.05, 0) is 37.4 Å². The van der Waals surface area contributed by atoms with Gasteiger partial charge in [0.2, 0.25) is 5.88 Å². The molecule has 0 aromatic carbocycles. The summed E-state index contributed by atoms with van der Waals surface area (Å²) in [4.78, 5) is 6.86. The lowest BCUT2D eigenvalue weighted by Crippen LogP contribution is -2.35. The summed E-state index contributed by atoms with van der Waals surface area (Å²) in [6.45, 7) is 6.38. The van der Waals surface area contributed by atoms with E-state index in [-0.39, 0.29) is 12.7 Å². The molecular weight excluding hydrogens is 240 g/mol. The molecule has 1 fully saturated rings. The van der Waals surface area contributed by atoms with Crippen LogP contribution in [0.1, 0.15) is 43.9 Å². The number of likely N-dealkylation sites (tertiary alicyclic amines) is 1. The van der Waals surface area contributed by atoms with Crippen molar-refractivity contribution in [1.82, 2.24) is 9.88 Å². The third-order valence-corrected chi connectivity index (χ3v) is 3.61. The van der Waals surface area contributed by atoms with Gasteiger partial charge in [-0.15, -0.1) is 0 Å². The van der Waals surface area contributed by atoms with Crippen LogP contribution in [0.2, 0.25) is 0 Å². The van der Waals surface area contributed by atoms with Gasteiger partial charge in [0, 0.05) is 24.8 Å². The van der Waals surface area contributed by atoms with Gasteiger partial charge in [0.25, 0.3) is 0 Å². The molecule has 4 nitrogen and oxygen atoms in total. The number of hydrogen-bond donors (Lipinski definition) is 1. The molecule has 2 heterocycles. The summed E-state index contributed by atoms with van der Waals surface area (Å²) in [5.74, 6) is 0.996. The van der Waals surface area contributed by atoms with Gasteiger partial charge in [0.1, 0.15) is 6.10 Å². The highest BCUT2D eigenvalue weighted by Gasteiger charge is 2.19. The summed E-state index contributed by atoms with van der Waals surface area (Å²) in [5.41, 5.74) is 1.86. The molecule has 1 aliphatic rings. The third kappa shape index (κ3) is 3.91. The Kier molecular flexibility index (Phi) is 4.77. The van der Waals surface area contributed by atoms with Gasteiger partial charge < -0.3 is 14.7 Å². The SMILES string of the molecule is CC(C)c1cc(CO)cc(OC2CCN(C)CC2)n1. The van der Waals surface area contributed by atoms with Crippen molar-refractivity contribution in [2.75, 3.05) is 20.1 Å². The van der Waals surface area contributed by atoms with E-state index in [2.05, 4.69) is 30.8 Å². The Morgan fingerprint density at radius 3 is 2.63 bits per heavy atom. The molecule has 106 valence electrons. The molecular formula is C15H24N2O2. The Hall–Kier alpha value is -1.13. The molecule has 1 aromatic rings. The minimum Gasteiger partial charge on any atom is -0.474 e. The molecule has 2 rings (SSSR count). The minimum atomic E-state index is 0.0337. The monoisotopic (exact) mass is 264 g/mol. The maximum Gasteiger partial charge on any atom is 0.214 e. The summed E-state index contributed by atoms with van der Waals surface area (Å²) in [7, 11) is 2.14. The van der Waals surface area contributed by atoms with E-state index >= 15 is 0 Å². The Bertz CT molecular complexity index is 413. The lowest BCUT2D eigenvalue weighted by molar-refractivity contribution is 0.109. The van der Waals surface area contributed by atoms with Crippen molar-refractivity contribution < 1.29 is 9.84 Å². The van der Waals surface area contributed by atoms with Crippen LogP contribution < -0.4 is 4.74 Å². The quantitative estimate of drug-likeness (QED) is 0.905. The third-order valence-electron chi connectivity index (χ3n) is 3.61. The topological polar surface area (TPSA) is 45.6 Å². The molecule has 1 N–H and O–H groups in total. The predicted molar refractivity (Wildman–Crippen MR) is 75.4 cm³/mol. The number of ether oxygens (including phenoxy) is 1. The molecule has 1 saturated heterocycles. The summed E-state index contributed by atoms with van der Waals surface area (Å²) >= 11 is 0. The molecule has 0 radical (unpaired) electrons. The van der Waals surface area contributed by atoms with Crippen LogP contribution in [0, 0.1) is 0 Å². The normalized spacial score (nSPS) is 17.9. The first-order chi connectivity index (χ1) is 9.08. The fraction of sp³-hybridized carbons (Fsp3) is 0.667. The number of piperidine rings is 1. The molecule has 0 atom stereocenters. The zero-order valence-electron chi connectivity index (χ0n) is 12.1. The number of hydrogen-bond acceptors (Lipinski definition) is 4. The Morgan fingerprint density at radius 2 is 2.05 bits per heavy atom. The van der Waals surface area contributed by atoms with Crippen LogP contribution in [0.4, 0.5) is 0 Å². The smallest absolute Gasteiger partial charge is 0.214 e. The number of aliphatic hydroxyl groups excluding tert-OH is 1. The lowest BCUT2D eigenvalue weighted by atomic mass is 10.1. The Morgan fingerprint density at radius 1 is 1.37 bits per heavy atom. The van der Waals surface area contributed by atoms with Crippen molar-refractivity contribution in [1.29, 1.82) is 0 Å². The van der Waals surface area contributed by atoms with Crippen molar-refractivity contribution in [3.8, 4) is 5.88 Å². The zero-order valence-corrected chi connectivity index (χ0v) is 12.1. The van der Waals surface area contributed by atoms with Gasteiger partial charge in [-0.1, -0.05) is 13.8 Å². The van der Waals surface area contributed by atoms with E-state index in [0.717, 1.165) is 37.2 Å². The van der Waals surface area contributed by atoms with E-state index in [1.165, 1.54) is 0 Å². The Labute approximate surface area is 115 Å². The molecule has 0 saturated carbocycles. The summed E-state index contributed by atoms with van der Waals surface area (Å²) in [6.07, 6.45) is 2.33. The van der Waals surface area contributed by atoms with Crippen LogP contribution in [0.25, 0.3) is 0 Å². The second-order valence-corrected chi connectivity index (χ2v) is 5.67. The summed E-state index contributed by atoms with van der Waals surface area (Å²) < 4.78 is 5.99. The highest BCUT2D eigenvalue weighted by molar-refractivity contribution is 5.26. The van der Waals surface area contributed by atoms with Crippen molar-refractivity contribution in [3.63, 3.8) is 0 Å². The fourth-order valence-corrected chi connectivity index (χ4v) is 2.30. The van der Waals surface area contributed by atoms with Crippen molar-refractivity contribution in [3.05, 3.63) is 23.4 Å². The standard InChI is InChI=1S/C15H24N2O2/c1-11(2)14-8-12(10-18)9-15(16-14)19-13-4-6-17(3)7-5-13/h8-9,11,13,18H,4-7,10H2,1-3H3. The number of aliphatic hydroxyl groups is 1. The first-order valence-corrected chi connectivity index (χ1v) is 7.05. The Balaban J connectivity index is 2.08. The summed E-state index contributed by atoms with van der Waals surface area (Å²) in [6, 6.07) is 3.80. The van der Waals surface area contributed by atoms with Crippen molar-refractivity contribution in [2.45, 2.75) is 45.3 Å². The average molecular weight is 264 g/mol. The molecule has 1 aromatic heterocycles. The van der Waals surface area contributed by atoms with Crippen LogP contribution >= 0.6 is 0 Å². The number of pyridine rings is 1. The molecule has 1 aliphatic heterocycles. The maximum atomic E-state index is 9.32. The zero-order chi connectivity index (χ0) is 13.8. The fourth-order valence-electron chi connectivity index (χ4n) is 2.30.